The van der Waals surface area contributed by atoms with Crippen molar-refractivity contribution in [2.45, 2.75) is 72.1 Å². The van der Waals surface area contributed by atoms with E-state index in [1.54, 1.807) is 0 Å². The molecule has 1 aromatic carbocycles. The van der Waals surface area contributed by atoms with Gasteiger partial charge in [0, 0.05) is 12.0 Å². The van der Waals surface area contributed by atoms with Crippen molar-refractivity contribution in [3.05, 3.63) is 46.1 Å². The van der Waals surface area contributed by atoms with Gasteiger partial charge < -0.3 is 15.3 Å². The Labute approximate surface area is 168 Å². The van der Waals surface area contributed by atoms with Crippen molar-refractivity contribution >= 4 is 5.97 Å². The molecule has 0 aromatic heterocycles. The lowest BCUT2D eigenvalue weighted by atomic mass is 9.95. The molecule has 0 aliphatic carbocycles. The van der Waals surface area contributed by atoms with Gasteiger partial charge in [-0.2, -0.15) is 0 Å². The maximum absolute atomic E-state index is 11.7. The summed E-state index contributed by atoms with van der Waals surface area (Å²) in [5.41, 5.74) is 3.14. The Morgan fingerprint density at radius 3 is 2.43 bits per heavy atom. The van der Waals surface area contributed by atoms with Crippen LogP contribution in [0, 0.1) is 12.3 Å². The number of carboxylic acids is 1. The zero-order chi connectivity index (χ0) is 21.1. The molecule has 1 rings (SSSR count). The summed E-state index contributed by atoms with van der Waals surface area (Å²) in [6, 6.07) is 1.49. The zero-order valence-corrected chi connectivity index (χ0v) is 17.2. The van der Waals surface area contributed by atoms with Crippen molar-refractivity contribution in [2.75, 3.05) is 0 Å². The number of aromatic carboxylic acids is 1. The number of phenols is 2. The van der Waals surface area contributed by atoms with Crippen LogP contribution < -0.4 is 0 Å². The van der Waals surface area contributed by atoms with Gasteiger partial charge in [-0.1, -0.05) is 29.7 Å². The van der Waals surface area contributed by atoms with Crippen LogP contribution in [-0.2, 0) is 12.8 Å². The third-order valence-corrected chi connectivity index (χ3v) is 4.70. The van der Waals surface area contributed by atoms with Gasteiger partial charge in [-0.15, -0.1) is 12.3 Å². The maximum atomic E-state index is 11.7. The summed E-state index contributed by atoms with van der Waals surface area (Å²) in [6.45, 7) is 6.09. The molecule has 3 N–H and O–H groups in total. The summed E-state index contributed by atoms with van der Waals surface area (Å²) in [7, 11) is 0. The lowest BCUT2D eigenvalue weighted by molar-refractivity contribution is 0.0695. The molecule has 0 aliphatic rings. The summed E-state index contributed by atoms with van der Waals surface area (Å²) < 4.78 is 0. The van der Waals surface area contributed by atoms with E-state index < -0.39 is 5.97 Å². The Kier molecular flexibility index (Phi) is 9.95. The number of benzene rings is 1. The molecule has 4 nitrogen and oxygen atoms in total. The van der Waals surface area contributed by atoms with Gasteiger partial charge in [0.1, 0.15) is 0 Å². The Bertz CT molecular complexity index is 775. The fraction of sp³-hybridized carbons (Fsp3) is 0.458. The van der Waals surface area contributed by atoms with E-state index in [1.807, 2.05) is 13.0 Å². The zero-order valence-electron chi connectivity index (χ0n) is 17.2. The standard InChI is InChI=1S/C24H32O4/c1-5-6-7-8-9-13-19-16-21(24(27)28)20(23(26)22(19)25)15-14-18(4)12-10-11-17(2)3/h1,11,14,16,25-26H,6-10,12-13,15H2,2-4H3,(H,27,28)/b18-14+. The van der Waals surface area contributed by atoms with Crippen LogP contribution in [-0.4, -0.2) is 21.3 Å². The van der Waals surface area contributed by atoms with Crippen molar-refractivity contribution in [2.24, 2.45) is 0 Å². The summed E-state index contributed by atoms with van der Waals surface area (Å²) in [5.74, 6) is 0.939. The van der Waals surface area contributed by atoms with E-state index >= 15 is 0 Å². The molecule has 0 saturated heterocycles. The Balaban J connectivity index is 2.97. The van der Waals surface area contributed by atoms with Crippen LogP contribution in [0.25, 0.3) is 0 Å². The van der Waals surface area contributed by atoms with Crippen molar-refractivity contribution in [1.29, 1.82) is 0 Å². The first-order chi connectivity index (χ1) is 13.3. The van der Waals surface area contributed by atoms with Gasteiger partial charge in [0.15, 0.2) is 11.5 Å². The van der Waals surface area contributed by atoms with E-state index in [4.69, 9.17) is 6.42 Å². The molecule has 1 aromatic rings. The number of hydrogen-bond acceptors (Lipinski definition) is 3. The van der Waals surface area contributed by atoms with Crippen LogP contribution in [0.5, 0.6) is 11.5 Å². The molecule has 0 unspecified atom stereocenters. The van der Waals surface area contributed by atoms with Crippen LogP contribution in [0.4, 0.5) is 0 Å². The molecule has 0 radical (unpaired) electrons. The average Bonchev–Trinajstić information content (AvgIpc) is 2.63. The SMILES string of the molecule is C#CCCCCCc1cc(C(=O)O)c(C/C=C(\C)CCC=C(C)C)c(O)c1O. The second kappa shape index (κ2) is 11.9. The normalized spacial score (nSPS) is 11.1. The summed E-state index contributed by atoms with van der Waals surface area (Å²) >= 11 is 0. The molecule has 0 aliphatic heterocycles. The van der Waals surface area contributed by atoms with Gasteiger partial charge in [0.25, 0.3) is 0 Å². The highest BCUT2D eigenvalue weighted by atomic mass is 16.4. The largest absolute Gasteiger partial charge is 0.504 e. The highest BCUT2D eigenvalue weighted by Crippen LogP contribution is 2.37. The first kappa shape index (κ1) is 23.4. The van der Waals surface area contributed by atoms with E-state index in [-0.39, 0.29) is 29.0 Å². The lowest BCUT2D eigenvalue weighted by Gasteiger charge is -2.13. The van der Waals surface area contributed by atoms with E-state index in [2.05, 4.69) is 25.8 Å². The molecule has 0 fully saturated rings. The fourth-order valence-corrected chi connectivity index (χ4v) is 3.03. The Morgan fingerprint density at radius 2 is 1.82 bits per heavy atom. The molecule has 0 heterocycles. The minimum Gasteiger partial charge on any atom is -0.504 e. The maximum Gasteiger partial charge on any atom is 0.336 e. The molecular formula is C24H32O4. The number of unbranched alkanes of at least 4 members (excludes halogenated alkanes) is 3. The van der Waals surface area contributed by atoms with E-state index in [9.17, 15) is 20.1 Å². The van der Waals surface area contributed by atoms with Crippen molar-refractivity contribution in [1.82, 2.24) is 0 Å². The molecule has 0 atom stereocenters. The number of phenolic OH excluding ortho intramolecular Hbond substituents is 2. The first-order valence-electron chi connectivity index (χ1n) is 9.80. The summed E-state index contributed by atoms with van der Waals surface area (Å²) in [6.07, 6.45) is 15.1. The van der Waals surface area contributed by atoms with Crippen LogP contribution in [0.15, 0.2) is 29.4 Å². The Morgan fingerprint density at radius 1 is 1.11 bits per heavy atom. The number of rotatable bonds is 11. The molecule has 28 heavy (non-hydrogen) atoms. The van der Waals surface area contributed by atoms with Crippen LogP contribution in [0.3, 0.4) is 0 Å². The number of aromatic hydroxyl groups is 2. The second-order valence-electron chi connectivity index (χ2n) is 7.40. The van der Waals surface area contributed by atoms with E-state index in [0.29, 0.717) is 18.4 Å². The van der Waals surface area contributed by atoms with Crippen molar-refractivity contribution < 1.29 is 20.1 Å². The summed E-state index contributed by atoms with van der Waals surface area (Å²) in [5, 5.41) is 30.4. The minimum atomic E-state index is -1.10. The lowest BCUT2D eigenvalue weighted by Crippen LogP contribution is -2.05. The molecule has 0 saturated carbocycles. The van der Waals surface area contributed by atoms with Gasteiger partial charge in [-0.25, -0.2) is 4.79 Å². The molecule has 4 heteroatoms. The smallest absolute Gasteiger partial charge is 0.336 e. The van der Waals surface area contributed by atoms with E-state index in [0.717, 1.165) is 37.7 Å². The van der Waals surface area contributed by atoms with Crippen molar-refractivity contribution in [3.8, 4) is 23.8 Å². The van der Waals surface area contributed by atoms with Gasteiger partial charge in [-0.05, 0) is 70.9 Å². The van der Waals surface area contributed by atoms with Crippen LogP contribution in [0.2, 0.25) is 0 Å². The summed E-state index contributed by atoms with van der Waals surface area (Å²) in [4.78, 5) is 11.7. The average molecular weight is 385 g/mol. The Hall–Kier alpha value is -2.67. The topological polar surface area (TPSA) is 77.8 Å². The number of aryl methyl sites for hydroxylation is 1. The van der Waals surface area contributed by atoms with Gasteiger partial charge in [0.05, 0.1) is 5.56 Å². The van der Waals surface area contributed by atoms with Gasteiger partial charge >= 0.3 is 5.97 Å². The number of carboxylic acid groups (broad SMARTS) is 1. The monoisotopic (exact) mass is 384 g/mol. The number of terminal acetylenes is 1. The first-order valence-corrected chi connectivity index (χ1v) is 9.80. The molecule has 0 amide bonds. The fourth-order valence-electron chi connectivity index (χ4n) is 3.03. The van der Waals surface area contributed by atoms with Gasteiger partial charge in [0.2, 0.25) is 0 Å². The predicted molar refractivity (Wildman–Crippen MR) is 114 cm³/mol. The quantitative estimate of drug-likeness (QED) is 0.196. The number of carbonyl (C=O) groups is 1. The number of hydrogen-bond donors (Lipinski definition) is 3. The van der Waals surface area contributed by atoms with Crippen LogP contribution >= 0.6 is 0 Å². The third-order valence-electron chi connectivity index (χ3n) is 4.70. The van der Waals surface area contributed by atoms with Crippen molar-refractivity contribution in [3.63, 3.8) is 0 Å². The number of allylic oxidation sites excluding steroid dienone is 4. The minimum absolute atomic E-state index is 0.0438. The van der Waals surface area contributed by atoms with Gasteiger partial charge in [-0.3, -0.25) is 0 Å². The van der Waals surface area contributed by atoms with E-state index in [1.165, 1.54) is 11.6 Å². The molecular weight excluding hydrogens is 352 g/mol. The highest BCUT2D eigenvalue weighted by molar-refractivity contribution is 5.91. The third kappa shape index (κ3) is 7.52. The molecule has 0 bridgehead atoms. The molecule has 0 spiro atoms. The van der Waals surface area contributed by atoms with Crippen LogP contribution in [0.1, 0.15) is 80.8 Å². The second-order valence-corrected chi connectivity index (χ2v) is 7.40. The molecule has 152 valence electrons. The highest BCUT2D eigenvalue weighted by Gasteiger charge is 2.20. The predicted octanol–water partition coefficient (Wildman–Crippen LogP) is 5.77.